The minimum absolute atomic E-state index is 0.246. The first-order valence-electron chi connectivity index (χ1n) is 6.22. The number of esters is 1. The Balaban J connectivity index is 2.35. The largest absolute Gasteiger partial charge is 0.493 e. The Morgan fingerprint density at radius 2 is 2.00 bits per heavy atom. The standard InChI is InChI=1S/C15H17NO4/c1-10(12-7-5-9-16-12)20-14-11(15(17)19-3)6-4-8-13(14)18-2/h4-10,16H,1-3H3. The molecule has 0 fully saturated rings. The molecule has 1 aromatic carbocycles. The number of rotatable bonds is 5. The van der Waals surface area contributed by atoms with Crippen molar-refractivity contribution in [2.45, 2.75) is 13.0 Å². The number of aromatic nitrogens is 1. The third-order valence-electron chi connectivity index (χ3n) is 2.96. The number of benzene rings is 1. The van der Waals surface area contributed by atoms with Crippen LogP contribution in [0.25, 0.3) is 0 Å². The van der Waals surface area contributed by atoms with Gasteiger partial charge in [0.25, 0.3) is 0 Å². The SMILES string of the molecule is COC(=O)c1cccc(OC)c1OC(C)c1ccc[nH]1. The predicted octanol–water partition coefficient (Wildman–Crippen LogP) is 2.95. The number of hydrogen-bond acceptors (Lipinski definition) is 4. The number of hydrogen-bond donors (Lipinski definition) is 1. The van der Waals surface area contributed by atoms with Crippen molar-refractivity contribution in [3.63, 3.8) is 0 Å². The molecule has 0 amide bonds. The zero-order valence-corrected chi connectivity index (χ0v) is 11.7. The van der Waals surface area contributed by atoms with Gasteiger partial charge in [-0.1, -0.05) is 6.07 Å². The first kappa shape index (κ1) is 14.0. The normalized spacial score (nSPS) is 11.8. The summed E-state index contributed by atoms with van der Waals surface area (Å²) in [6.07, 6.45) is 1.57. The third kappa shape index (κ3) is 2.77. The molecule has 0 aliphatic heterocycles. The van der Waals surface area contributed by atoms with Crippen molar-refractivity contribution in [2.75, 3.05) is 14.2 Å². The predicted molar refractivity (Wildman–Crippen MR) is 74.2 cm³/mol. The maximum absolute atomic E-state index is 11.8. The highest BCUT2D eigenvalue weighted by molar-refractivity contribution is 5.93. The zero-order chi connectivity index (χ0) is 14.5. The average molecular weight is 275 g/mol. The van der Waals surface area contributed by atoms with Gasteiger partial charge < -0.3 is 19.2 Å². The van der Waals surface area contributed by atoms with E-state index in [2.05, 4.69) is 4.98 Å². The molecule has 2 aromatic rings. The number of H-pyrrole nitrogens is 1. The molecule has 20 heavy (non-hydrogen) atoms. The minimum Gasteiger partial charge on any atom is -0.493 e. The average Bonchev–Trinajstić information content (AvgIpc) is 3.01. The van der Waals surface area contributed by atoms with Crippen LogP contribution >= 0.6 is 0 Å². The Morgan fingerprint density at radius 1 is 1.20 bits per heavy atom. The molecule has 1 N–H and O–H groups in total. The molecule has 1 atom stereocenters. The van der Waals surface area contributed by atoms with E-state index in [9.17, 15) is 4.79 Å². The number of carbonyl (C=O) groups is 1. The minimum atomic E-state index is -0.461. The monoisotopic (exact) mass is 275 g/mol. The Bertz CT molecular complexity index is 578. The number of methoxy groups -OCH3 is 2. The smallest absolute Gasteiger partial charge is 0.341 e. The fourth-order valence-electron chi connectivity index (χ4n) is 1.91. The highest BCUT2D eigenvalue weighted by Crippen LogP contribution is 2.34. The van der Waals surface area contributed by atoms with Gasteiger partial charge in [-0.25, -0.2) is 4.79 Å². The van der Waals surface area contributed by atoms with Gasteiger partial charge in [0.2, 0.25) is 0 Å². The molecule has 0 bridgehead atoms. The maximum atomic E-state index is 11.8. The van der Waals surface area contributed by atoms with Gasteiger partial charge >= 0.3 is 5.97 Å². The summed E-state index contributed by atoms with van der Waals surface area (Å²) in [4.78, 5) is 14.9. The molecule has 5 nitrogen and oxygen atoms in total. The zero-order valence-electron chi connectivity index (χ0n) is 11.7. The second-order valence-corrected chi connectivity index (χ2v) is 4.21. The number of para-hydroxylation sites is 1. The van der Waals surface area contributed by atoms with E-state index in [1.807, 2.05) is 25.3 Å². The second-order valence-electron chi connectivity index (χ2n) is 4.21. The van der Waals surface area contributed by atoms with E-state index in [-0.39, 0.29) is 6.10 Å². The van der Waals surface area contributed by atoms with Gasteiger partial charge in [0.15, 0.2) is 11.5 Å². The molecule has 0 spiro atoms. The van der Waals surface area contributed by atoms with Crippen molar-refractivity contribution < 1.29 is 19.0 Å². The van der Waals surface area contributed by atoms with Gasteiger partial charge in [0.05, 0.1) is 19.9 Å². The first-order valence-corrected chi connectivity index (χ1v) is 6.22. The Labute approximate surface area is 117 Å². The lowest BCUT2D eigenvalue weighted by Crippen LogP contribution is -2.10. The van der Waals surface area contributed by atoms with Crippen LogP contribution in [0.3, 0.4) is 0 Å². The van der Waals surface area contributed by atoms with Gasteiger partial charge in [0, 0.05) is 6.20 Å². The highest BCUT2D eigenvalue weighted by Gasteiger charge is 2.20. The molecule has 1 heterocycles. The molecular weight excluding hydrogens is 258 g/mol. The summed E-state index contributed by atoms with van der Waals surface area (Å²) in [5, 5.41) is 0. The lowest BCUT2D eigenvalue weighted by Gasteiger charge is -2.18. The molecule has 2 rings (SSSR count). The van der Waals surface area contributed by atoms with E-state index in [1.165, 1.54) is 14.2 Å². The highest BCUT2D eigenvalue weighted by atomic mass is 16.5. The van der Waals surface area contributed by atoms with Crippen molar-refractivity contribution in [3.8, 4) is 11.5 Å². The molecular formula is C15H17NO4. The van der Waals surface area contributed by atoms with E-state index < -0.39 is 5.97 Å². The summed E-state index contributed by atoms with van der Waals surface area (Å²) in [5.74, 6) is 0.410. The summed E-state index contributed by atoms with van der Waals surface area (Å²) in [6, 6.07) is 8.90. The van der Waals surface area contributed by atoms with Gasteiger partial charge in [-0.05, 0) is 31.2 Å². The van der Waals surface area contributed by atoms with Crippen LogP contribution in [0.4, 0.5) is 0 Å². The summed E-state index contributed by atoms with van der Waals surface area (Å²) in [5.41, 5.74) is 1.25. The summed E-state index contributed by atoms with van der Waals surface area (Å²) >= 11 is 0. The van der Waals surface area contributed by atoms with E-state index >= 15 is 0 Å². The quantitative estimate of drug-likeness (QED) is 0.852. The summed E-state index contributed by atoms with van der Waals surface area (Å²) in [6.45, 7) is 1.89. The van der Waals surface area contributed by atoms with E-state index in [0.717, 1.165) is 5.69 Å². The van der Waals surface area contributed by atoms with Crippen LogP contribution in [0.15, 0.2) is 36.5 Å². The fourth-order valence-corrected chi connectivity index (χ4v) is 1.91. The molecule has 106 valence electrons. The van der Waals surface area contributed by atoms with Crippen LogP contribution in [0.1, 0.15) is 29.1 Å². The van der Waals surface area contributed by atoms with Crippen molar-refractivity contribution >= 4 is 5.97 Å². The second kappa shape index (κ2) is 6.14. The molecule has 0 aliphatic carbocycles. The lowest BCUT2D eigenvalue weighted by molar-refractivity contribution is 0.0592. The van der Waals surface area contributed by atoms with E-state index in [0.29, 0.717) is 17.1 Å². The van der Waals surface area contributed by atoms with E-state index in [4.69, 9.17) is 14.2 Å². The van der Waals surface area contributed by atoms with E-state index in [1.54, 1.807) is 18.2 Å². The van der Waals surface area contributed by atoms with Crippen molar-refractivity contribution in [2.24, 2.45) is 0 Å². The van der Waals surface area contributed by atoms with Gasteiger partial charge in [-0.15, -0.1) is 0 Å². The number of carbonyl (C=O) groups excluding carboxylic acids is 1. The maximum Gasteiger partial charge on any atom is 0.341 e. The van der Waals surface area contributed by atoms with Crippen molar-refractivity contribution in [1.82, 2.24) is 4.98 Å². The van der Waals surface area contributed by atoms with Crippen LogP contribution in [-0.4, -0.2) is 25.2 Å². The molecule has 0 radical (unpaired) electrons. The topological polar surface area (TPSA) is 60.6 Å². The Hall–Kier alpha value is -2.43. The summed E-state index contributed by atoms with van der Waals surface area (Å²) in [7, 11) is 2.86. The molecule has 5 heteroatoms. The molecule has 0 saturated heterocycles. The van der Waals surface area contributed by atoms with Crippen LogP contribution in [0.2, 0.25) is 0 Å². The Kier molecular flexibility index (Phi) is 4.30. The van der Waals surface area contributed by atoms with Gasteiger partial charge in [0.1, 0.15) is 11.7 Å². The molecule has 1 unspecified atom stereocenters. The fraction of sp³-hybridized carbons (Fsp3) is 0.267. The summed E-state index contributed by atoms with van der Waals surface area (Å²) < 4.78 is 15.9. The van der Waals surface area contributed by atoms with Crippen molar-refractivity contribution in [1.29, 1.82) is 0 Å². The Morgan fingerprint density at radius 3 is 2.60 bits per heavy atom. The van der Waals surface area contributed by atoms with Gasteiger partial charge in [-0.3, -0.25) is 0 Å². The molecule has 0 saturated carbocycles. The molecule has 1 aromatic heterocycles. The van der Waals surface area contributed by atoms with Gasteiger partial charge in [-0.2, -0.15) is 0 Å². The van der Waals surface area contributed by atoms with Crippen LogP contribution in [0, 0.1) is 0 Å². The lowest BCUT2D eigenvalue weighted by atomic mass is 10.1. The van der Waals surface area contributed by atoms with Crippen molar-refractivity contribution in [3.05, 3.63) is 47.8 Å². The van der Waals surface area contributed by atoms with Crippen LogP contribution in [0.5, 0.6) is 11.5 Å². The molecule has 0 aliphatic rings. The van der Waals surface area contributed by atoms with Crippen LogP contribution in [-0.2, 0) is 4.74 Å². The third-order valence-corrected chi connectivity index (χ3v) is 2.96. The number of ether oxygens (including phenoxy) is 3. The number of nitrogens with one attached hydrogen (secondary N) is 1. The van der Waals surface area contributed by atoms with Crippen LogP contribution < -0.4 is 9.47 Å². The number of aromatic amines is 1. The first-order chi connectivity index (χ1) is 9.67.